The highest BCUT2D eigenvalue weighted by molar-refractivity contribution is 7.93. The lowest BCUT2D eigenvalue weighted by molar-refractivity contribution is 0.599. The number of hydrogen-bond donors (Lipinski definition) is 3. The van der Waals surface area contributed by atoms with Crippen molar-refractivity contribution < 1.29 is 8.42 Å². The number of nitrogens with zero attached hydrogens (tertiary/aromatic N) is 1. The number of aromatic nitrogens is 3. The lowest BCUT2D eigenvalue weighted by Crippen LogP contribution is -2.29. The molecule has 0 radical (unpaired) electrons. The molecular formula is C11H8N4O4S2. The molecule has 2 aromatic heterocycles. The molecule has 1 aromatic carbocycles. The van der Waals surface area contributed by atoms with Crippen molar-refractivity contribution in [3.8, 4) is 0 Å². The lowest BCUT2D eigenvalue weighted by atomic mass is 10.3. The Morgan fingerprint density at radius 2 is 1.95 bits per heavy atom. The number of thiazole rings is 1. The van der Waals surface area contributed by atoms with Crippen molar-refractivity contribution in [3.63, 3.8) is 0 Å². The Labute approximate surface area is 121 Å². The molecule has 0 saturated carbocycles. The number of anilines is 1. The zero-order chi connectivity index (χ0) is 15.0. The van der Waals surface area contributed by atoms with Crippen LogP contribution >= 0.6 is 11.3 Å². The zero-order valence-electron chi connectivity index (χ0n) is 10.3. The van der Waals surface area contributed by atoms with Gasteiger partial charge in [-0.05, 0) is 12.1 Å². The summed E-state index contributed by atoms with van der Waals surface area (Å²) in [6, 6.07) is 7.15. The van der Waals surface area contributed by atoms with E-state index in [2.05, 4.69) is 14.7 Å². The molecule has 8 nitrogen and oxygen atoms in total. The Hall–Kier alpha value is -2.46. The molecule has 0 saturated heterocycles. The SMILES string of the molecule is O=c1[nH]cc(S(=O)(=O)Nc2nc3ccccc3s2)c(=O)[nH]1. The van der Waals surface area contributed by atoms with Crippen LogP contribution in [-0.4, -0.2) is 23.4 Å². The molecule has 0 aliphatic carbocycles. The van der Waals surface area contributed by atoms with E-state index >= 15 is 0 Å². The van der Waals surface area contributed by atoms with Crippen LogP contribution in [-0.2, 0) is 10.0 Å². The van der Waals surface area contributed by atoms with Crippen LogP contribution in [0, 0.1) is 0 Å². The molecule has 2 heterocycles. The number of benzene rings is 1. The van der Waals surface area contributed by atoms with Crippen LogP contribution < -0.4 is 16.0 Å². The van der Waals surface area contributed by atoms with Gasteiger partial charge >= 0.3 is 5.69 Å². The monoisotopic (exact) mass is 324 g/mol. The largest absolute Gasteiger partial charge is 0.325 e. The fourth-order valence-corrected chi connectivity index (χ4v) is 3.79. The number of aromatic amines is 2. The average Bonchev–Trinajstić information content (AvgIpc) is 2.79. The minimum Gasteiger partial charge on any atom is -0.313 e. The van der Waals surface area contributed by atoms with E-state index < -0.39 is 26.2 Å². The summed E-state index contributed by atoms with van der Waals surface area (Å²) >= 11 is 1.14. The van der Waals surface area contributed by atoms with Gasteiger partial charge in [-0.3, -0.25) is 14.5 Å². The van der Waals surface area contributed by atoms with Crippen molar-refractivity contribution in [2.24, 2.45) is 0 Å². The third kappa shape index (κ3) is 2.58. The van der Waals surface area contributed by atoms with E-state index in [0.29, 0.717) is 5.52 Å². The summed E-state index contributed by atoms with van der Waals surface area (Å²) in [6.45, 7) is 0. The maximum absolute atomic E-state index is 12.1. The van der Waals surface area contributed by atoms with Gasteiger partial charge in [0.1, 0.15) is 0 Å². The minimum absolute atomic E-state index is 0.141. The van der Waals surface area contributed by atoms with Gasteiger partial charge in [-0.25, -0.2) is 18.2 Å². The first kappa shape index (κ1) is 13.5. The Balaban J connectivity index is 2.03. The molecule has 108 valence electrons. The van der Waals surface area contributed by atoms with Crippen molar-refractivity contribution in [2.45, 2.75) is 4.90 Å². The van der Waals surface area contributed by atoms with Crippen LogP contribution in [0.5, 0.6) is 0 Å². The molecular weight excluding hydrogens is 316 g/mol. The molecule has 0 fully saturated rings. The van der Waals surface area contributed by atoms with Crippen LogP contribution in [0.2, 0.25) is 0 Å². The van der Waals surface area contributed by atoms with Crippen LogP contribution in [0.15, 0.2) is 44.9 Å². The van der Waals surface area contributed by atoms with Gasteiger partial charge in [0.2, 0.25) is 0 Å². The number of fused-ring (bicyclic) bond motifs is 1. The molecule has 0 aliphatic heterocycles. The smallest absolute Gasteiger partial charge is 0.313 e. The second kappa shape index (κ2) is 4.82. The number of hydrogen-bond acceptors (Lipinski definition) is 6. The predicted octanol–water partition coefficient (Wildman–Crippen LogP) is 0.474. The average molecular weight is 324 g/mol. The minimum atomic E-state index is -4.12. The number of H-pyrrole nitrogens is 2. The summed E-state index contributed by atoms with van der Waals surface area (Å²) in [7, 11) is -4.12. The highest BCUT2D eigenvalue weighted by atomic mass is 32.2. The fraction of sp³-hybridized carbons (Fsp3) is 0. The first-order chi connectivity index (χ1) is 9.95. The molecule has 3 aromatic rings. The Bertz CT molecular complexity index is 999. The van der Waals surface area contributed by atoms with Gasteiger partial charge in [-0.15, -0.1) is 0 Å². The quantitative estimate of drug-likeness (QED) is 0.646. The predicted molar refractivity (Wildman–Crippen MR) is 78.1 cm³/mol. The molecule has 0 spiro atoms. The standard InChI is InChI=1S/C11H8N4O4S2/c16-9-8(5-12-10(17)14-9)21(18,19)15-11-13-6-3-1-2-4-7(6)20-11/h1-5H,(H,13,15)(H2,12,14,16,17). The molecule has 3 rings (SSSR count). The summed E-state index contributed by atoms with van der Waals surface area (Å²) in [6.07, 6.45) is 0.844. The first-order valence-electron chi connectivity index (χ1n) is 5.66. The topological polar surface area (TPSA) is 125 Å². The number of sulfonamides is 1. The van der Waals surface area contributed by atoms with E-state index in [4.69, 9.17) is 0 Å². The van der Waals surface area contributed by atoms with E-state index in [1.807, 2.05) is 11.1 Å². The first-order valence-corrected chi connectivity index (χ1v) is 7.96. The zero-order valence-corrected chi connectivity index (χ0v) is 11.9. The second-order valence-electron chi connectivity index (χ2n) is 4.03. The van der Waals surface area contributed by atoms with Crippen molar-refractivity contribution in [3.05, 3.63) is 51.3 Å². The number of rotatable bonds is 3. The van der Waals surface area contributed by atoms with E-state index in [1.165, 1.54) is 0 Å². The summed E-state index contributed by atoms with van der Waals surface area (Å²) in [5.41, 5.74) is -1.12. The highest BCUT2D eigenvalue weighted by Gasteiger charge is 2.20. The molecule has 0 unspecified atom stereocenters. The van der Waals surface area contributed by atoms with E-state index in [1.54, 1.807) is 18.2 Å². The van der Waals surface area contributed by atoms with Gasteiger partial charge in [0.15, 0.2) is 10.0 Å². The van der Waals surface area contributed by atoms with Gasteiger partial charge in [0.25, 0.3) is 15.6 Å². The summed E-state index contributed by atoms with van der Waals surface area (Å²) < 4.78 is 27.3. The summed E-state index contributed by atoms with van der Waals surface area (Å²) in [5, 5.41) is 0.141. The fourth-order valence-electron chi connectivity index (χ4n) is 1.68. The third-order valence-corrected chi connectivity index (χ3v) is 5.02. The molecule has 0 atom stereocenters. The Kier molecular flexibility index (Phi) is 3.11. The van der Waals surface area contributed by atoms with Gasteiger partial charge in [0.05, 0.1) is 10.2 Å². The molecule has 0 aliphatic rings. The van der Waals surface area contributed by atoms with Crippen molar-refractivity contribution in [1.82, 2.24) is 15.0 Å². The molecule has 21 heavy (non-hydrogen) atoms. The van der Waals surface area contributed by atoms with E-state index in [9.17, 15) is 18.0 Å². The number of para-hydroxylation sites is 1. The Morgan fingerprint density at radius 1 is 1.19 bits per heavy atom. The van der Waals surface area contributed by atoms with Crippen molar-refractivity contribution in [1.29, 1.82) is 0 Å². The number of nitrogens with one attached hydrogen (secondary N) is 3. The van der Waals surface area contributed by atoms with E-state index in [0.717, 1.165) is 22.2 Å². The Morgan fingerprint density at radius 3 is 2.67 bits per heavy atom. The molecule has 0 amide bonds. The van der Waals surface area contributed by atoms with Crippen LogP contribution in [0.3, 0.4) is 0 Å². The normalized spacial score (nSPS) is 11.6. The van der Waals surface area contributed by atoms with Crippen LogP contribution in [0.1, 0.15) is 0 Å². The summed E-state index contributed by atoms with van der Waals surface area (Å²) in [4.78, 5) is 29.9. The van der Waals surface area contributed by atoms with Gasteiger partial charge < -0.3 is 4.98 Å². The highest BCUT2D eigenvalue weighted by Crippen LogP contribution is 2.26. The lowest BCUT2D eigenvalue weighted by Gasteiger charge is -2.02. The third-order valence-electron chi connectivity index (χ3n) is 2.59. The second-order valence-corrected chi connectivity index (χ2v) is 6.71. The van der Waals surface area contributed by atoms with Crippen molar-refractivity contribution >= 4 is 36.7 Å². The molecule has 10 heteroatoms. The van der Waals surface area contributed by atoms with Gasteiger partial charge in [-0.2, -0.15) is 0 Å². The summed E-state index contributed by atoms with van der Waals surface area (Å²) in [5.74, 6) is 0. The maximum atomic E-state index is 12.1. The van der Waals surface area contributed by atoms with Crippen molar-refractivity contribution in [2.75, 3.05) is 4.72 Å². The molecule has 0 bridgehead atoms. The van der Waals surface area contributed by atoms with Gasteiger partial charge in [-0.1, -0.05) is 23.5 Å². The van der Waals surface area contributed by atoms with Crippen LogP contribution in [0.25, 0.3) is 10.2 Å². The van der Waals surface area contributed by atoms with Gasteiger partial charge in [0, 0.05) is 6.20 Å². The maximum Gasteiger partial charge on any atom is 0.325 e. The molecule has 3 N–H and O–H groups in total. The van der Waals surface area contributed by atoms with E-state index in [-0.39, 0.29) is 5.13 Å². The van der Waals surface area contributed by atoms with Crippen LogP contribution in [0.4, 0.5) is 5.13 Å².